The summed E-state index contributed by atoms with van der Waals surface area (Å²) in [5, 5.41) is 4.04. The molecule has 0 radical (unpaired) electrons. The Morgan fingerprint density at radius 1 is 1.14 bits per heavy atom. The molecule has 0 spiro atoms. The number of benzene rings is 1. The van der Waals surface area contributed by atoms with Gasteiger partial charge in [0.25, 0.3) is 5.89 Å². The van der Waals surface area contributed by atoms with E-state index in [9.17, 15) is 0 Å². The maximum Gasteiger partial charge on any atom is 0.259 e. The van der Waals surface area contributed by atoms with Crippen LogP contribution in [0.15, 0.2) is 47.1 Å². The molecule has 0 saturated heterocycles. The lowest BCUT2D eigenvalue weighted by atomic mass is 10.1. The third-order valence-corrected chi connectivity index (χ3v) is 4.03. The van der Waals surface area contributed by atoms with Crippen molar-refractivity contribution in [3.05, 3.63) is 54.0 Å². The van der Waals surface area contributed by atoms with E-state index in [4.69, 9.17) is 4.52 Å². The summed E-state index contributed by atoms with van der Waals surface area (Å²) in [7, 11) is 0. The third-order valence-electron chi connectivity index (χ3n) is 4.03. The molecule has 2 aromatic heterocycles. The molecule has 4 heteroatoms. The number of rotatable bonds is 4. The van der Waals surface area contributed by atoms with E-state index in [-0.39, 0.29) is 0 Å². The summed E-state index contributed by atoms with van der Waals surface area (Å²) in [6.45, 7) is 2.16. The molecule has 1 fully saturated rings. The quantitative estimate of drug-likeness (QED) is 0.721. The maximum absolute atomic E-state index is 5.33. The molecule has 0 aliphatic heterocycles. The van der Waals surface area contributed by atoms with Crippen molar-refractivity contribution in [2.45, 2.75) is 32.1 Å². The van der Waals surface area contributed by atoms with Crippen LogP contribution < -0.4 is 0 Å². The molecule has 0 amide bonds. The summed E-state index contributed by atoms with van der Waals surface area (Å²) in [5.74, 6) is 1.89. The third kappa shape index (κ3) is 2.52. The summed E-state index contributed by atoms with van der Waals surface area (Å²) in [6.07, 6.45) is 5.17. The Morgan fingerprint density at radius 2 is 2.05 bits per heavy atom. The molecular weight excluding hydrogens is 274 g/mol. The number of hydrogen-bond donors (Lipinski definition) is 0. The molecular formula is C18H17N3O. The van der Waals surface area contributed by atoms with Crippen LogP contribution in [0.25, 0.3) is 22.7 Å². The largest absolute Gasteiger partial charge is 0.334 e. The van der Waals surface area contributed by atoms with Gasteiger partial charge in [-0.3, -0.25) is 4.98 Å². The molecule has 4 nitrogen and oxygen atoms in total. The van der Waals surface area contributed by atoms with Crippen molar-refractivity contribution in [1.82, 2.24) is 15.1 Å². The molecule has 1 aliphatic rings. The van der Waals surface area contributed by atoms with Gasteiger partial charge in [0, 0.05) is 17.7 Å². The average Bonchev–Trinajstić information content (AvgIpc) is 3.32. The lowest BCUT2D eigenvalue weighted by Gasteiger charge is -2.03. The minimum atomic E-state index is 0.501. The Hall–Kier alpha value is -2.49. The van der Waals surface area contributed by atoms with Crippen molar-refractivity contribution in [1.29, 1.82) is 0 Å². The lowest BCUT2D eigenvalue weighted by molar-refractivity contribution is 0.422. The van der Waals surface area contributed by atoms with Gasteiger partial charge < -0.3 is 4.52 Å². The van der Waals surface area contributed by atoms with Crippen LogP contribution in [0.3, 0.4) is 0 Å². The number of nitrogens with zero attached hydrogens (tertiary/aromatic N) is 3. The normalized spacial score (nSPS) is 14.2. The molecule has 1 aliphatic carbocycles. The highest BCUT2D eigenvalue weighted by Gasteiger charge is 2.28. The summed E-state index contributed by atoms with van der Waals surface area (Å²) in [4.78, 5) is 9.00. The van der Waals surface area contributed by atoms with Gasteiger partial charge in [-0.2, -0.15) is 4.98 Å². The van der Waals surface area contributed by atoms with Gasteiger partial charge in [-0.25, -0.2) is 0 Å². The van der Waals surface area contributed by atoms with Crippen LogP contribution in [0.1, 0.15) is 37.1 Å². The molecule has 0 atom stereocenters. The minimum absolute atomic E-state index is 0.501. The van der Waals surface area contributed by atoms with Gasteiger partial charge in [-0.05, 0) is 43.0 Å². The summed E-state index contributed by atoms with van der Waals surface area (Å²) >= 11 is 0. The smallest absolute Gasteiger partial charge is 0.259 e. The van der Waals surface area contributed by atoms with Crippen molar-refractivity contribution in [3.63, 3.8) is 0 Å². The molecule has 0 N–H and O–H groups in total. The van der Waals surface area contributed by atoms with E-state index < -0.39 is 0 Å². The fourth-order valence-corrected chi connectivity index (χ4v) is 2.50. The van der Waals surface area contributed by atoms with E-state index in [1.54, 1.807) is 6.20 Å². The van der Waals surface area contributed by atoms with Crippen molar-refractivity contribution in [2.75, 3.05) is 0 Å². The predicted molar refractivity (Wildman–Crippen MR) is 84.3 cm³/mol. The molecule has 1 aromatic carbocycles. The SMILES string of the molecule is CCc1cccc(-c2ccc(-c3nc(C4CC4)no3)cn2)c1. The second-order valence-electron chi connectivity index (χ2n) is 5.72. The molecule has 110 valence electrons. The number of pyridine rings is 1. The summed E-state index contributed by atoms with van der Waals surface area (Å²) in [6, 6.07) is 12.5. The van der Waals surface area contributed by atoms with Gasteiger partial charge in [-0.1, -0.05) is 30.3 Å². The molecule has 4 rings (SSSR count). The van der Waals surface area contributed by atoms with E-state index in [2.05, 4.69) is 46.3 Å². The van der Waals surface area contributed by atoms with Crippen LogP contribution in [0.2, 0.25) is 0 Å². The van der Waals surface area contributed by atoms with Crippen LogP contribution in [-0.2, 0) is 6.42 Å². The van der Waals surface area contributed by atoms with Gasteiger partial charge in [0.2, 0.25) is 0 Å². The zero-order valence-corrected chi connectivity index (χ0v) is 12.5. The number of aromatic nitrogens is 3. The first-order valence-electron chi connectivity index (χ1n) is 7.73. The first-order valence-corrected chi connectivity index (χ1v) is 7.73. The molecule has 0 bridgehead atoms. The van der Waals surface area contributed by atoms with Gasteiger partial charge in [0.1, 0.15) is 0 Å². The zero-order chi connectivity index (χ0) is 14.9. The van der Waals surface area contributed by atoms with Crippen LogP contribution in [0.4, 0.5) is 0 Å². The van der Waals surface area contributed by atoms with E-state index in [1.165, 1.54) is 18.4 Å². The Kier molecular flexibility index (Phi) is 3.22. The molecule has 22 heavy (non-hydrogen) atoms. The van der Waals surface area contributed by atoms with Crippen LogP contribution >= 0.6 is 0 Å². The second-order valence-corrected chi connectivity index (χ2v) is 5.72. The average molecular weight is 291 g/mol. The van der Waals surface area contributed by atoms with Gasteiger partial charge >= 0.3 is 0 Å². The second kappa shape index (κ2) is 5.37. The van der Waals surface area contributed by atoms with E-state index >= 15 is 0 Å². The van der Waals surface area contributed by atoms with E-state index in [0.717, 1.165) is 29.1 Å². The number of hydrogen-bond acceptors (Lipinski definition) is 4. The van der Waals surface area contributed by atoms with Crippen LogP contribution in [-0.4, -0.2) is 15.1 Å². The zero-order valence-electron chi connectivity index (χ0n) is 12.5. The first kappa shape index (κ1) is 13.2. The highest BCUT2D eigenvalue weighted by Crippen LogP contribution is 2.38. The predicted octanol–water partition coefficient (Wildman–Crippen LogP) is 4.24. The lowest BCUT2D eigenvalue weighted by Crippen LogP contribution is -1.87. The van der Waals surface area contributed by atoms with Gasteiger partial charge in [0.05, 0.1) is 11.3 Å². The van der Waals surface area contributed by atoms with Crippen molar-refractivity contribution >= 4 is 0 Å². The van der Waals surface area contributed by atoms with Crippen molar-refractivity contribution < 1.29 is 4.52 Å². The van der Waals surface area contributed by atoms with E-state index in [1.807, 2.05) is 12.1 Å². The van der Waals surface area contributed by atoms with Gasteiger partial charge in [0.15, 0.2) is 5.82 Å². The Labute approximate surface area is 129 Å². The highest BCUT2D eigenvalue weighted by molar-refractivity contribution is 5.63. The monoisotopic (exact) mass is 291 g/mol. The summed E-state index contributed by atoms with van der Waals surface area (Å²) in [5.41, 5.74) is 4.28. The van der Waals surface area contributed by atoms with Crippen LogP contribution in [0.5, 0.6) is 0 Å². The Bertz CT molecular complexity index is 788. The minimum Gasteiger partial charge on any atom is -0.334 e. The topological polar surface area (TPSA) is 51.8 Å². The fraction of sp³-hybridized carbons (Fsp3) is 0.278. The Balaban J connectivity index is 1.61. The van der Waals surface area contributed by atoms with Gasteiger partial charge in [-0.15, -0.1) is 0 Å². The van der Waals surface area contributed by atoms with Crippen molar-refractivity contribution in [2.24, 2.45) is 0 Å². The number of aryl methyl sites for hydroxylation is 1. The molecule has 2 heterocycles. The maximum atomic E-state index is 5.33. The molecule has 0 unspecified atom stereocenters. The molecule has 3 aromatic rings. The summed E-state index contributed by atoms with van der Waals surface area (Å²) < 4.78 is 5.33. The first-order chi connectivity index (χ1) is 10.8. The fourth-order valence-electron chi connectivity index (χ4n) is 2.50. The highest BCUT2D eigenvalue weighted by atomic mass is 16.5. The Morgan fingerprint density at radius 3 is 2.77 bits per heavy atom. The standard InChI is InChI=1S/C18H17N3O/c1-2-12-4-3-5-14(10-12)16-9-8-15(11-19-16)18-20-17(21-22-18)13-6-7-13/h3-5,8-11,13H,2,6-7H2,1H3. The van der Waals surface area contributed by atoms with Crippen LogP contribution in [0, 0.1) is 0 Å². The van der Waals surface area contributed by atoms with E-state index in [0.29, 0.717) is 11.8 Å². The van der Waals surface area contributed by atoms with Crippen molar-refractivity contribution in [3.8, 4) is 22.7 Å². The molecule has 1 saturated carbocycles.